The molecule has 1 aliphatic carbocycles. The van der Waals surface area contributed by atoms with Gasteiger partial charge in [0.1, 0.15) is 0 Å². The Bertz CT molecular complexity index is 370. The molecule has 0 unspecified atom stereocenters. The third-order valence-corrected chi connectivity index (χ3v) is 4.54. The van der Waals surface area contributed by atoms with Crippen LogP contribution >= 0.6 is 15.9 Å². The summed E-state index contributed by atoms with van der Waals surface area (Å²) in [6.45, 7) is 3.15. The molecule has 1 aliphatic rings. The second kappa shape index (κ2) is 5.49. The number of hydrogen-bond acceptors (Lipinski definition) is 2. The minimum atomic E-state index is 0.314. The van der Waals surface area contributed by atoms with Gasteiger partial charge in [-0.2, -0.15) is 0 Å². The van der Waals surface area contributed by atoms with Crippen LogP contribution < -0.4 is 5.73 Å². The van der Waals surface area contributed by atoms with Crippen molar-refractivity contribution in [2.75, 3.05) is 6.54 Å². The quantitative estimate of drug-likeness (QED) is 0.926. The van der Waals surface area contributed by atoms with E-state index in [0.717, 1.165) is 23.4 Å². The maximum absolute atomic E-state index is 6.04. The zero-order valence-corrected chi connectivity index (χ0v) is 12.0. The highest BCUT2D eigenvalue weighted by atomic mass is 79.9. The van der Waals surface area contributed by atoms with E-state index in [1.54, 1.807) is 0 Å². The SMILES string of the molecule is CC1CCC(CN)(Cc2cncc(Br)c2)CC1. The van der Waals surface area contributed by atoms with E-state index in [1.807, 2.05) is 12.4 Å². The first-order valence-corrected chi connectivity index (χ1v) is 7.22. The molecule has 1 heterocycles. The van der Waals surface area contributed by atoms with E-state index in [0.29, 0.717) is 5.41 Å². The molecular formula is C14H21BrN2. The predicted molar refractivity (Wildman–Crippen MR) is 74.8 cm³/mol. The van der Waals surface area contributed by atoms with Crippen LogP contribution in [0.5, 0.6) is 0 Å². The van der Waals surface area contributed by atoms with E-state index >= 15 is 0 Å². The van der Waals surface area contributed by atoms with E-state index in [-0.39, 0.29) is 0 Å². The Kier molecular flexibility index (Phi) is 4.21. The number of halogens is 1. The van der Waals surface area contributed by atoms with Gasteiger partial charge in [0.2, 0.25) is 0 Å². The van der Waals surface area contributed by atoms with Crippen LogP contribution in [0, 0.1) is 11.3 Å². The van der Waals surface area contributed by atoms with Crippen molar-refractivity contribution in [2.45, 2.75) is 39.0 Å². The van der Waals surface area contributed by atoms with Gasteiger partial charge in [0.25, 0.3) is 0 Å². The van der Waals surface area contributed by atoms with E-state index in [2.05, 4.69) is 33.9 Å². The number of hydrogen-bond donors (Lipinski definition) is 1. The summed E-state index contributed by atoms with van der Waals surface area (Å²) in [6, 6.07) is 2.17. The summed E-state index contributed by atoms with van der Waals surface area (Å²) in [5.74, 6) is 0.871. The van der Waals surface area contributed by atoms with Crippen molar-refractivity contribution >= 4 is 15.9 Å². The molecule has 0 saturated heterocycles. The molecule has 94 valence electrons. The highest BCUT2D eigenvalue weighted by Crippen LogP contribution is 2.40. The molecule has 0 aliphatic heterocycles. The molecule has 0 amide bonds. The van der Waals surface area contributed by atoms with Crippen molar-refractivity contribution in [3.05, 3.63) is 28.5 Å². The second-order valence-corrected chi connectivity index (χ2v) is 6.49. The average Bonchev–Trinajstić information content (AvgIpc) is 2.33. The van der Waals surface area contributed by atoms with Crippen molar-refractivity contribution in [3.63, 3.8) is 0 Å². The van der Waals surface area contributed by atoms with E-state index in [4.69, 9.17) is 5.73 Å². The third-order valence-electron chi connectivity index (χ3n) is 4.11. The maximum atomic E-state index is 6.04. The van der Waals surface area contributed by atoms with Gasteiger partial charge in [0, 0.05) is 16.9 Å². The molecular weight excluding hydrogens is 276 g/mol. The Morgan fingerprint density at radius 1 is 1.41 bits per heavy atom. The first-order chi connectivity index (χ1) is 8.13. The molecule has 1 saturated carbocycles. The molecule has 3 heteroatoms. The largest absolute Gasteiger partial charge is 0.330 e. The number of aromatic nitrogens is 1. The Labute approximate surface area is 112 Å². The normalized spacial score (nSPS) is 29.2. The molecule has 0 radical (unpaired) electrons. The van der Waals surface area contributed by atoms with Crippen LogP contribution in [0.25, 0.3) is 0 Å². The Balaban J connectivity index is 2.09. The van der Waals surface area contributed by atoms with Gasteiger partial charge in [-0.05, 0) is 64.7 Å². The van der Waals surface area contributed by atoms with Gasteiger partial charge in [0.15, 0.2) is 0 Å². The highest BCUT2D eigenvalue weighted by Gasteiger charge is 2.33. The number of rotatable bonds is 3. The molecule has 17 heavy (non-hydrogen) atoms. The molecule has 2 N–H and O–H groups in total. The van der Waals surface area contributed by atoms with Gasteiger partial charge in [-0.25, -0.2) is 0 Å². The second-order valence-electron chi connectivity index (χ2n) is 5.57. The van der Waals surface area contributed by atoms with Crippen LogP contribution in [-0.2, 0) is 6.42 Å². The fraction of sp³-hybridized carbons (Fsp3) is 0.643. The maximum Gasteiger partial charge on any atom is 0.0410 e. The van der Waals surface area contributed by atoms with Gasteiger partial charge in [-0.15, -0.1) is 0 Å². The summed E-state index contributed by atoms with van der Waals surface area (Å²) >= 11 is 3.48. The van der Waals surface area contributed by atoms with E-state index in [9.17, 15) is 0 Å². The van der Waals surface area contributed by atoms with Crippen LogP contribution in [0.15, 0.2) is 22.9 Å². The number of nitrogens with two attached hydrogens (primary N) is 1. The third kappa shape index (κ3) is 3.29. The van der Waals surface area contributed by atoms with Gasteiger partial charge in [-0.1, -0.05) is 19.8 Å². The number of pyridine rings is 1. The molecule has 2 rings (SSSR count). The fourth-order valence-corrected chi connectivity index (χ4v) is 3.23. The minimum Gasteiger partial charge on any atom is -0.330 e. The Morgan fingerprint density at radius 3 is 2.71 bits per heavy atom. The highest BCUT2D eigenvalue weighted by molar-refractivity contribution is 9.10. The number of nitrogens with zero attached hydrogens (tertiary/aromatic N) is 1. The van der Waals surface area contributed by atoms with Crippen LogP contribution in [0.2, 0.25) is 0 Å². The molecule has 1 aromatic heterocycles. The predicted octanol–water partition coefficient (Wildman–Crippen LogP) is 3.54. The zero-order chi connectivity index (χ0) is 12.3. The van der Waals surface area contributed by atoms with Gasteiger partial charge in [0.05, 0.1) is 0 Å². The van der Waals surface area contributed by atoms with Gasteiger partial charge < -0.3 is 5.73 Å². The lowest BCUT2D eigenvalue weighted by atomic mass is 9.68. The summed E-state index contributed by atoms with van der Waals surface area (Å²) < 4.78 is 1.06. The molecule has 2 nitrogen and oxygen atoms in total. The van der Waals surface area contributed by atoms with Crippen molar-refractivity contribution in [1.29, 1.82) is 0 Å². The van der Waals surface area contributed by atoms with Gasteiger partial charge in [-0.3, -0.25) is 4.98 Å². The van der Waals surface area contributed by atoms with Crippen LogP contribution in [-0.4, -0.2) is 11.5 Å². The molecule has 1 aromatic rings. The first kappa shape index (κ1) is 13.0. The molecule has 1 fully saturated rings. The summed E-state index contributed by atoms with van der Waals surface area (Å²) in [7, 11) is 0. The minimum absolute atomic E-state index is 0.314. The topological polar surface area (TPSA) is 38.9 Å². The average molecular weight is 297 g/mol. The lowest BCUT2D eigenvalue weighted by Crippen LogP contribution is -2.36. The molecule has 0 aromatic carbocycles. The Morgan fingerprint density at radius 2 is 2.12 bits per heavy atom. The summed E-state index contributed by atoms with van der Waals surface area (Å²) in [5.41, 5.74) is 7.66. The summed E-state index contributed by atoms with van der Waals surface area (Å²) in [4.78, 5) is 4.24. The molecule has 0 bridgehead atoms. The van der Waals surface area contributed by atoms with Crippen molar-refractivity contribution < 1.29 is 0 Å². The van der Waals surface area contributed by atoms with E-state index in [1.165, 1.54) is 31.2 Å². The fourth-order valence-electron chi connectivity index (χ4n) is 2.81. The summed E-state index contributed by atoms with van der Waals surface area (Å²) in [5, 5.41) is 0. The van der Waals surface area contributed by atoms with Crippen LogP contribution in [0.3, 0.4) is 0 Å². The molecule has 0 atom stereocenters. The van der Waals surface area contributed by atoms with Crippen molar-refractivity contribution in [2.24, 2.45) is 17.1 Å². The van der Waals surface area contributed by atoms with Crippen LogP contribution in [0.4, 0.5) is 0 Å². The molecule has 0 spiro atoms. The zero-order valence-electron chi connectivity index (χ0n) is 10.5. The van der Waals surface area contributed by atoms with Crippen LogP contribution in [0.1, 0.15) is 38.2 Å². The monoisotopic (exact) mass is 296 g/mol. The lowest BCUT2D eigenvalue weighted by Gasteiger charge is -2.38. The smallest absolute Gasteiger partial charge is 0.0410 e. The van der Waals surface area contributed by atoms with Crippen molar-refractivity contribution in [3.8, 4) is 0 Å². The lowest BCUT2D eigenvalue weighted by molar-refractivity contribution is 0.163. The standard InChI is InChI=1S/C14H21BrN2/c1-11-2-4-14(10-16,5-3-11)7-12-6-13(15)9-17-8-12/h6,8-9,11H,2-5,7,10,16H2,1H3. The first-order valence-electron chi connectivity index (χ1n) is 6.43. The Hall–Kier alpha value is -0.410. The van der Waals surface area contributed by atoms with E-state index < -0.39 is 0 Å². The summed E-state index contributed by atoms with van der Waals surface area (Å²) in [6.07, 6.45) is 10.0. The van der Waals surface area contributed by atoms with Gasteiger partial charge >= 0.3 is 0 Å². The van der Waals surface area contributed by atoms with Crippen molar-refractivity contribution in [1.82, 2.24) is 4.98 Å².